The third-order valence-corrected chi connectivity index (χ3v) is 13.6. The number of fused-ring (bicyclic) bond motifs is 3. The predicted octanol–water partition coefficient (Wildman–Crippen LogP) is 5.56. The number of amides is 6. The van der Waals surface area contributed by atoms with Crippen molar-refractivity contribution in [2.75, 3.05) is 6.61 Å². The van der Waals surface area contributed by atoms with Gasteiger partial charge in [-0.15, -0.1) is 0 Å². The number of piperidine rings is 2. The Hall–Kier alpha value is -7.68. The van der Waals surface area contributed by atoms with E-state index in [9.17, 15) is 28.8 Å². The van der Waals surface area contributed by atoms with Crippen molar-refractivity contribution in [2.24, 2.45) is 14.1 Å². The Kier molecular flexibility index (Phi) is 9.24. The molecule has 2 fully saturated rings. The highest BCUT2D eigenvalue weighted by atomic mass is 16.5. The van der Waals surface area contributed by atoms with Crippen LogP contribution in [0.25, 0.3) is 56.2 Å². The van der Waals surface area contributed by atoms with E-state index in [0.717, 1.165) is 96.1 Å². The molecular formula is C50H44N8O7. The minimum absolute atomic E-state index is 0.194. The van der Waals surface area contributed by atoms with E-state index in [2.05, 4.69) is 48.7 Å². The van der Waals surface area contributed by atoms with Gasteiger partial charge in [0.2, 0.25) is 23.6 Å². The van der Waals surface area contributed by atoms with Crippen LogP contribution in [0.1, 0.15) is 74.2 Å². The summed E-state index contributed by atoms with van der Waals surface area (Å²) in [5.41, 5.74) is 15.0. The lowest BCUT2D eigenvalue weighted by Crippen LogP contribution is -2.52. The molecule has 5 aliphatic rings. The van der Waals surface area contributed by atoms with Crippen molar-refractivity contribution < 1.29 is 33.5 Å². The Morgan fingerprint density at radius 3 is 1.62 bits per heavy atom. The van der Waals surface area contributed by atoms with E-state index in [0.29, 0.717) is 30.6 Å². The number of imidazole rings is 2. The first-order valence-corrected chi connectivity index (χ1v) is 21.8. The quantitative estimate of drug-likeness (QED) is 0.195. The Labute approximate surface area is 373 Å². The highest BCUT2D eigenvalue weighted by Gasteiger charge is 2.41. The molecule has 0 radical (unpaired) electrons. The zero-order valence-electron chi connectivity index (χ0n) is 36.3. The van der Waals surface area contributed by atoms with E-state index < -0.39 is 23.9 Å². The second kappa shape index (κ2) is 15.0. The first kappa shape index (κ1) is 40.1. The van der Waals surface area contributed by atoms with Crippen molar-refractivity contribution in [3.8, 4) is 61.9 Å². The normalized spacial score (nSPS) is 19.1. The number of rotatable bonds is 7. The molecule has 0 saturated carbocycles. The molecule has 0 bridgehead atoms. The highest BCUT2D eigenvalue weighted by Crippen LogP contribution is 2.45. The predicted molar refractivity (Wildman–Crippen MR) is 238 cm³/mol. The molecule has 5 aliphatic heterocycles. The zero-order valence-corrected chi connectivity index (χ0v) is 36.3. The molecule has 0 aliphatic carbocycles. The summed E-state index contributed by atoms with van der Waals surface area (Å²) in [6.45, 7) is 5.32. The van der Waals surface area contributed by atoms with E-state index in [4.69, 9.17) is 14.7 Å². The standard InChI is InChI=1S/C50H44N8O7/c1-25-15-30(16-26(2)41(25)45-43(52-24-56(45)4)28-6-8-35-33(18-28)22-58(50(35)64)38-10-12-40(60)54-48(38)62)36-20-31(19-29-13-14-65-46(29)36)44-42(51-23-55(44)3)27-5-7-34-32(17-27)21-57(49(34)63)37-9-11-39(59)53-47(37)61/h5-8,15-20,23-24,37-38H,9-14,21-22H2,1-4H3,(H,53,59,61)(H,54,60,62). The van der Waals surface area contributed by atoms with Gasteiger partial charge in [0.25, 0.3) is 11.8 Å². The van der Waals surface area contributed by atoms with Crippen LogP contribution in [0.3, 0.4) is 0 Å². The molecule has 4 aromatic carbocycles. The highest BCUT2D eigenvalue weighted by molar-refractivity contribution is 6.07. The van der Waals surface area contributed by atoms with Crippen LogP contribution in [0.2, 0.25) is 0 Å². The second-order valence-electron chi connectivity index (χ2n) is 17.7. The number of aromatic nitrogens is 4. The summed E-state index contributed by atoms with van der Waals surface area (Å²) < 4.78 is 10.4. The van der Waals surface area contributed by atoms with Gasteiger partial charge < -0.3 is 23.7 Å². The summed E-state index contributed by atoms with van der Waals surface area (Å²) in [5, 5.41) is 4.75. The van der Waals surface area contributed by atoms with E-state index in [1.54, 1.807) is 22.5 Å². The van der Waals surface area contributed by atoms with E-state index in [1.807, 2.05) is 59.6 Å². The Morgan fingerprint density at radius 1 is 0.569 bits per heavy atom. The fourth-order valence-corrected chi connectivity index (χ4v) is 10.5. The monoisotopic (exact) mass is 868 g/mol. The summed E-state index contributed by atoms with van der Waals surface area (Å²) in [6.07, 6.45) is 5.34. The molecule has 2 aromatic heterocycles. The lowest BCUT2D eigenvalue weighted by molar-refractivity contribution is -0.138. The molecule has 15 nitrogen and oxygen atoms in total. The molecule has 2 N–H and O–H groups in total. The van der Waals surface area contributed by atoms with Crippen molar-refractivity contribution in [3.05, 3.63) is 112 Å². The fourth-order valence-electron chi connectivity index (χ4n) is 10.5. The third kappa shape index (κ3) is 6.47. The molecule has 2 saturated heterocycles. The minimum atomic E-state index is -0.694. The molecule has 6 amide bonds. The van der Waals surface area contributed by atoms with Crippen LogP contribution in [0.15, 0.2) is 73.3 Å². The van der Waals surface area contributed by atoms with Crippen LogP contribution < -0.4 is 15.4 Å². The largest absolute Gasteiger partial charge is 0.492 e. The molecule has 326 valence electrons. The second-order valence-corrected chi connectivity index (χ2v) is 17.7. The van der Waals surface area contributed by atoms with E-state index >= 15 is 0 Å². The fraction of sp³-hybridized carbons (Fsp3) is 0.280. The van der Waals surface area contributed by atoms with Gasteiger partial charge in [-0.25, -0.2) is 9.97 Å². The number of imide groups is 2. The van der Waals surface area contributed by atoms with Crippen LogP contribution in [0, 0.1) is 13.8 Å². The molecule has 0 spiro atoms. The van der Waals surface area contributed by atoms with Crippen molar-refractivity contribution in [1.82, 2.24) is 39.5 Å². The van der Waals surface area contributed by atoms with Gasteiger partial charge >= 0.3 is 0 Å². The zero-order chi connectivity index (χ0) is 45.0. The van der Waals surface area contributed by atoms with Crippen molar-refractivity contribution >= 4 is 35.4 Å². The summed E-state index contributed by atoms with van der Waals surface area (Å²) >= 11 is 0. The molecule has 6 aromatic rings. The number of carbonyl (C=O) groups excluding carboxylic acids is 6. The molecule has 11 rings (SSSR count). The van der Waals surface area contributed by atoms with Gasteiger partial charge in [0, 0.05) is 85.4 Å². The lowest BCUT2D eigenvalue weighted by Gasteiger charge is -2.29. The summed E-state index contributed by atoms with van der Waals surface area (Å²) in [7, 11) is 3.95. The smallest absolute Gasteiger partial charge is 0.255 e. The van der Waals surface area contributed by atoms with Gasteiger partial charge in [-0.2, -0.15) is 0 Å². The molecule has 7 heterocycles. The number of ether oxygens (including phenoxy) is 1. The lowest BCUT2D eigenvalue weighted by atomic mass is 9.89. The number of hydrogen-bond acceptors (Lipinski definition) is 9. The minimum Gasteiger partial charge on any atom is -0.492 e. The number of aryl methyl sites for hydroxylation is 4. The van der Waals surface area contributed by atoms with Crippen LogP contribution in [0.5, 0.6) is 5.75 Å². The Balaban J connectivity index is 0.918. The number of hydrogen-bond donors (Lipinski definition) is 2. The summed E-state index contributed by atoms with van der Waals surface area (Å²) in [6, 6.07) is 18.7. The van der Waals surface area contributed by atoms with Gasteiger partial charge in [-0.3, -0.25) is 39.4 Å². The first-order valence-electron chi connectivity index (χ1n) is 21.8. The number of nitrogens with one attached hydrogen (secondary N) is 2. The van der Waals surface area contributed by atoms with Crippen LogP contribution in [0.4, 0.5) is 0 Å². The summed E-state index contributed by atoms with van der Waals surface area (Å²) in [4.78, 5) is 88.8. The number of benzene rings is 4. The van der Waals surface area contributed by atoms with Crippen LogP contribution >= 0.6 is 0 Å². The number of carbonyl (C=O) groups is 6. The average molecular weight is 869 g/mol. The van der Waals surface area contributed by atoms with Crippen molar-refractivity contribution in [2.45, 2.75) is 71.1 Å². The van der Waals surface area contributed by atoms with Crippen LogP contribution in [-0.4, -0.2) is 83.0 Å². The van der Waals surface area contributed by atoms with E-state index in [1.165, 1.54) is 0 Å². The Morgan fingerprint density at radius 2 is 1.08 bits per heavy atom. The Bertz CT molecular complexity index is 3120. The van der Waals surface area contributed by atoms with Crippen molar-refractivity contribution in [1.29, 1.82) is 0 Å². The van der Waals surface area contributed by atoms with E-state index in [-0.39, 0.29) is 49.6 Å². The maximum absolute atomic E-state index is 13.5. The van der Waals surface area contributed by atoms with Gasteiger partial charge in [0.1, 0.15) is 17.8 Å². The SMILES string of the molecule is Cc1cc(-c2cc(-c3c(-c4ccc5c(c4)CN(C4CCC(=O)NC4=O)C5=O)ncn3C)cc3c2OCC3)cc(C)c1-c1c(-c2ccc3c(c2)CN(C2CCC(=O)NC2=O)C3=O)ncn1C. The molecule has 15 heteroatoms. The molecule has 2 unspecified atom stereocenters. The molecule has 65 heavy (non-hydrogen) atoms. The maximum Gasteiger partial charge on any atom is 0.255 e. The maximum atomic E-state index is 13.5. The third-order valence-electron chi connectivity index (χ3n) is 13.6. The van der Waals surface area contributed by atoms with Crippen LogP contribution in [-0.2, 0) is 52.8 Å². The van der Waals surface area contributed by atoms with Gasteiger partial charge in [0.15, 0.2) is 0 Å². The average Bonchev–Trinajstić information content (AvgIpc) is 4.12. The van der Waals surface area contributed by atoms with Crippen molar-refractivity contribution in [3.63, 3.8) is 0 Å². The first-order chi connectivity index (χ1) is 31.3. The topological polar surface area (TPSA) is 178 Å². The van der Waals surface area contributed by atoms with Gasteiger partial charge in [-0.1, -0.05) is 24.3 Å². The molecule has 2 atom stereocenters. The van der Waals surface area contributed by atoms with Gasteiger partial charge in [-0.05, 0) is 96.5 Å². The number of nitrogens with zero attached hydrogens (tertiary/aromatic N) is 6. The van der Waals surface area contributed by atoms with Gasteiger partial charge in [0.05, 0.1) is 42.0 Å². The molecular weight excluding hydrogens is 825 g/mol. The summed E-state index contributed by atoms with van der Waals surface area (Å²) in [5.74, 6) is -1.10.